The number of primary sulfonamides is 1. The molecule has 110 valence electrons. The Morgan fingerprint density at radius 3 is 2.29 bits per heavy atom. The Morgan fingerprint density at radius 2 is 1.76 bits per heavy atom. The van der Waals surface area contributed by atoms with E-state index in [0.717, 1.165) is 0 Å². The van der Waals surface area contributed by atoms with Crippen molar-refractivity contribution in [2.24, 2.45) is 5.14 Å². The number of nitrogens with one attached hydrogen (secondary N) is 1. The van der Waals surface area contributed by atoms with Crippen LogP contribution in [0.3, 0.4) is 0 Å². The molecule has 1 amide bonds. The molecule has 0 saturated carbocycles. The summed E-state index contributed by atoms with van der Waals surface area (Å²) >= 11 is 0. The number of carbonyl (C=O) groups excluding carboxylic acids is 1. The van der Waals surface area contributed by atoms with E-state index in [0.29, 0.717) is 16.8 Å². The van der Waals surface area contributed by atoms with Crippen molar-refractivity contribution < 1.29 is 18.3 Å². The quantitative estimate of drug-likeness (QED) is 0.800. The van der Waals surface area contributed by atoms with Gasteiger partial charge in [0, 0.05) is 11.3 Å². The molecule has 0 aliphatic carbocycles. The first-order chi connectivity index (χ1) is 9.77. The Balaban J connectivity index is 2.24. The van der Waals surface area contributed by atoms with E-state index >= 15 is 0 Å². The van der Waals surface area contributed by atoms with Gasteiger partial charge in [0.15, 0.2) is 0 Å². The number of amides is 1. The molecule has 0 unspecified atom stereocenters. The topological polar surface area (TPSA) is 109 Å². The first kappa shape index (κ1) is 15.0. The molecule has 0 heterocycles. The number of phenolic OH excluding ortho intramolecular Hbond substituents is 1. The van der Waals surface area contributed by atoms with E-state index in [1.165, 1.54) is 42.5 Å². The van der Waals surface area contributed by atoms with Crippen LogP contribution in [0, 0.1) is 6.92 Å². The lowest BCUT2D eigenvalue weighted by molar-refractivity contribution is 0.102. The zero-order chi connectivity index (χ0) is 15.6. The highest BCUT2D eigenvalue weighted by Crippen LogP contribution is 2.20. The molecule has 21 heavy (non-hydrogen) atoms. The Morgan fingerprint density at radius 1 is 1.14 bits per heavy atom. The molecule has 0 aromatic heterocycles. The molecule has 0 atom stereocenters. The van der Waals surface area contributed by atoms with Crippen LogP contribution >= 0.6 is 0 Å². The maximum atomic E-state index is 12.0. The van der Waals surface area contributed by atoms with Gasteiger partial charge in [-0.05, 0) is 55.0 Å². The van der Waals surface area contributed by atoms with Crippen LogP contribution in [-0.2, 0) is 10.0 Å². The van der Waals surface area contributed by atoms with Gasteiger partial charge in [-0.3, -0.25) is 4.79 Å². The fourth-order valence-corrected chi connectivity index (χ4v) is 2.36. The molecule has 0 radical (unpaired) electrons. The molecular formula is C14H14N2O4S. The maximum Gasteiger partial charge on any atom is 0.255 e. The van der Waals surface area contributed by atoms with Crippen LogP contribution in [-0.4, -0.2) is 19.4 Å². The molecule has 0 aliphatic heterocycles. The third-order valence-corrected chi connectivity index (χ3v) is 3.82. The number of aromatic hydroxyl groups is 1. The van der Waals surface area contributed by atoms with Crippen LogP contribution in [0.1, 0.15) is 15.9 Å². The molecule has 0 bridgehead atoms. The van der Waals surface area contributed by atoms with Gasteiger partial charge in [0.1, 0.15) is 5.75 Å². The lowest BCUT2D eigenvalue weighted by atomic mass is 10.1. The molecule has 6 nitrogen and oxygen atoms in total. The van der Waals surface area contributed by atoms with E-state index in [9.17, 15) is 18.3 Å². The zero-order valence-electron chi connectivity index (χ0n) is 11.2. The number of nitrogens with two attached hydrogens (primary N) is 1. The van der Waals surface area contributed by atoms with Crippen molar-refractivity contribution in [2.75, 3.05) is 5.32 Å². The highest BCUT2D eigenvalue weighted by atomic mass is 32.2. The molecule has 0 aliphatic rings. The van der Waals surface area contributed by atoms with Crippen LogP contribution in [0.15, 0.2) is 47.4 Å². The van der Waals surface area contributed by atoms with Crippen LogP contribution in [0.5, 0.6) is 5.75 Å². The first-order valence-electron chi connectivity index (χ1n) is 6.01. The van der Waals surface area contributed by atoms with Crippen molar-refractivity contribution in [1.82, 2.24) is 0 Å². The summed E-state index contributed by atoms with van der Waals surface area (Å²) in [6.07, 6.45) is 0. The smallest absolute Gasteiger partial charge is 0.255 e. The average molecular weight is 306 g/mol. The summed E-state index contributed by atoms with van der Waals surface area (Å²) in [5.74, 6) is -0.290. The summed E-state index contributed by atoms with van der Waals surface area (Å²) in [4.78, 5) is 12.0. The fraction of sp³-hybridized carbons (Fsp3) is 0.0714. The summed E-state index contributed by atoms with van der Waals surface area (Å²) in [5, 5.41) is 16.9. The third-order valence-electron chi connectivity index (χ3n) is 2.90. The standard InChI is InChI=1S/C14H14N2O4S/c1-9-8-12(21(15,19)20)6-7-13(9)16-14(18)10-2-4-11(17)5-3-10/h2-8,17H,1H3,(H,16,18)(H2,15,19,20). The number of rotatable bonds is 3. The van der Waals surface area contributed by atoms with Gasteiger partial charge in [0.05, 0.1) is 4.90 Å². The van der Waals surface area contributed by atoms with E-state index in [4.69, 9.17) is 5.14 Å². The Kier molecular flexibility index (Phi) is 3.97. The molecule has 0 fully saturated rings. The molecule has 7 heteroatoms. The van der Waals surface area contributed by atoms with Gasteiger partial charge in [-0.15, -0.1) is 0 Å². The van der Waals surface area contributed by atoms with E-state index in [1.54, 1.807) is 6.92 Å². The summed E-state index contributed by atoms with van der Waals surface area (Å²) in [6, 6.07) is 9.99. The van der Waals surface area contributed by atoms with Crippen molar-refractivity contribution in [3.8, 4) is 5.75 Å². The van der Waals surface area contributed by atoms with Crippen molar-refractivity contribution in [3.05, 3.63) is 53.6 Å². The molecule has 0 spiro atoms. The lowest BCUT2D eigenvalue weighted by Gasteiger charge is -2.09. The van der Waals surface area contributed by atoms with Crippen molar-refractivity contribution >= 4 is 21.6 Å². The van der Waals surface area contributed by atoms with Gasteiger partial charge < -0.3 is 10.4 Å². The number of hydrogen-bond acceptors (Lipinski definition) is 4. The molecule has 2 aromatic carbocycles. The van der Waals surface area contributed by atoms with Gasteiger partial charge in [0.2, 0.25) is 10.0 Å². The number of benzene rings is 2. The number of anilines is 1. The number of aryl methyl sites for hydroxylation is 1. The minimum atomic E-state index is -3.77. The van der Waals surface area contributed by atoms with Crippen LogP contribution in [0.25, 0.3) is 0 Å². The predicted molar refractivity (Wildman–Crippen MR) is 78.6 cm³/mol. The SMILES string of the molecule is Cc1cc(S(N)(=O)=O)ccc1NC(=O)c1ccc(O)cc1. The van der Waals surface area contributed by atoms with Crippen LogP contribution in [0.2, 0.25) is 0 Å². The van der Waals surface area contributed by atoms with Gasteiger partial charge in [-0.1, -0.05) is 0 Å². The zero-order valence-corrected chi connectivity index (χ0v) is 12.0. The Labute approximate surface area is 122 Å². The Hall–Kier alpha value is -2.38. The second kappa shape index (κ2) is 5.55. The highest BCUT2D eigenvalue weighted by molar-refractivity contribution is 7.89. The second-order valence-corrected chi connectivity index (χ2v) is 6.08. The van der Waals surface area contributed by atoms with E-state index < -0.39 is 10.0 Å². The Bertz CT molecular complexity index is 783. The number of sulfonamides is 1. The summed E-state index contributed by atoms with van der Waals surface area (Å²) in [5.41, 5.74) is 1.44. The maximum absolute atomic E-state index is 12.0. The number of hydrogen-bond donors (Lipinski definition) is 3. The molecular weight excluding hydrogens is 292 g/mol. The third kappa shape index (κ3) is 3.59. The van der Waals surface area contributed by atoms with E-state index in [-0.39, 0.29) is 16.6 Å². The molecule has 0 saturated heterocycles. The van der Waals surface area contributed by atoms with Crippen LogP contribution < -0.4 is 10.5 Å². The fourth-order valence-electron chi connectivity index (χ4n) is 1.76. The summed E-state index contributed by atoms with van der Waals surface area (Å²) in [7, 11) is -3.77. The lowest BCUT2D eigenvalue weighted by Crippen LogP contribution is -2.15. The monoisotopic (exact) mass is 306 g/mol. The van der Waals surface area contributed by atoms with Gasteiger partial charge in [-0.25, -0.2) is 13.6 Å². The van der Waals surface area contributed by atoms with Crippen molar-refractivity contribution in [2.45, 2.75) is 11.8 Å². The second-order valence-electron chi connectivity index (χ2n) is 4.52. The highest BCUT2D eigenvalue weighted by Gasteiger charge is 2.12. The van der Waals surface area contributed by atoms with Crippen LogP contribution in [0.4, 0.5) is 5.69 Å². The minimum absolute atomic E-state index is 0.0115. The van der Waals surface area contributed by atoms with Gasteiger partial charge in [0.25, 0.3) is 5.91 Å². The van der Waals surface area contributed by atoms with Crippen molar-refractivity contribution in [3.63, 3.8) is 0 Å². The number of carbonyl (C=O) groups is 1. The van der Waals surface area contributed by atoms with Crippen molar-refractivity contribution in [1.29, 1.82) is 0 Å². The number of phenols is 1. The first-order valence-corrected chi connectivity index (χ1v) is 7.56. The molecule has 4 N–H and O–H groups in total. The van der Waals surface area contributed by atoms with E-state index in [1.807, 2.05) is 0 Å². The molecule has 2 aromatic rings. The minimum Gasteiger partial charge on any atom is -0.508 e. The largest absolute Gasteiger partial charge is 0.508 e. The normalized spacial score (nSPS) is 11.1. The van der Waals surface area contributed by atoms with E-state index in [2.05, 4.69) is 5.32 Å². The van der Waals surface area contributed by atoms with Gasteiger partial charge >= 0.3 is 0 Å². The summed E-state index contributed by atoms with van der Waals surface area (Å²) < 4.78 is 22.5. The summed E-state index contributed by atoms with van der Waals surface area (Å²) in [6.45, 7) is 1.67. The van der Waals surface area contributed by atoms with Gasteiger partial charge in [-0.2, -0.15) is 0 Å². The predicted octanol–water partition coefficient (Wildman–Crippen LogP) is 1.60. The average Bonchev–Trinajstić information content (AvgIpc) is 2.40. The molecule has 2 rings (SSSR count).